The van der Waals surface area contributed by atoms with Crippen LogP contribution >= 0.6 is 0 Å². The molecule has 4 aliphatic rings. The Morgan fingerprint density at radius 2 is 1.47 bits per heavy atom. The molecule has 7 atom stereocenters. The van der Waals surface area contributed by atoms with Crippen molar-refractivity contribution in [2.45, 2.75) is 148 Å². The normalized spacial score (nSPS) is 40.2. The fourth-order valence-electron chi connectivity index (χ4n) is 7.41. The van der Waals surface area contributed by atoms with Crippen LogP contribution in [0.2, 0.25) is 0 Å². The molecular formula is C28H48O4. The minimum atomic E-state index is -0.568. The third-order valence-electron chi connectivity index (χ3n) is 9.19. The predicted octanol–water partition coefficient (Wildman–Crippen LogP) is 7.53. The van der Waals surface area contributed by atoms with Crippen LogP contribution in [-0.2, 0) is 19.0 Å². The van der Waals surface area contributed by atoms with Crippen molar-refractivity contribution >= 4 is 5.97 Å². The molecule has 0 aromatic rings. The molecule has 1 aliphatic carbocycles. The summed E-state index contributed by atoms with van der Waals surface area (Å²) in [5.41, 5.74) is -0.389. The molecule has 3 aliphatic heterocycles. The first kappa shape index (κ1) is 24.5. The molecule has 4 nitrogen and oxygen atoms in total. The Kier molecular flexibility index (Phi) is 8.24. The summed E-state index contributed by atoms with van der Waals surface area (Å²) in [7, 11) is 0. The molecule has 0 radical (unpaired) electrons. The van der Waals surface area contributed by atoms with Crippen molar-refractivity contribution < 1.29 is 19.0 Å². The molecule has 4 rings (SSSR count). The number of esters is 1. The van der Waals surface area contributed by atoms with Gasteiger partial charge in [-0.2, -0.15) is 0 Å². The van der Waals surface area contributed by atoms with E-state index < -0.39 is 12.1 Å². The van der Waals surface area contributed by atoms with Crippen molar-refractivity contribution in [3.8, 4) is 0 Å². The molecule has 4 fully saturated rings. The van der Waals surface area contributed by atoms with Crippen molar-refractivity contribution in [1.29, 1.82) is 0 Å². The zero-order chi connectivity index (χ0) is 22.6. The van der Waals surface area contributed by atoms with Crippen LogP contribution < -0.4 is 0 Å². The van der Waals surface area contributed by atoms with Gasteiger partial charge >= 0.3 is 5.97 Å². The maximum absolute atomic E-state index is 13.0. The highest BCUT2D eigenvalue weighted by atomic mass is 16.8. The highest BCUT2D eigenvalue weighted by Crippen LogP contribution is 2.63. The molecule has 4 heteroatoms. The van der Waals surface area contributed by atoms with Gasteiger partial charge in [-0.3, -0.25) is 4.79 Å². The first-order valence-electron chi connectivity index (χ1n) is 14.1. The van der Waals surface area contributed by atoms with Gasteiger partial charge in [0.2, 0.25) is 6.29 Å². The maximum atomic E-state index is 13.0. The topological polar surface area (TPSA) is 44.8 Å². The second-order valence-electron chi connectivity index (χ2n) is 11.6. The molecule has 1 saturated carbocycles. The van der Waals surface area contributed by atoms with Crippen LogP contribution in [0.5, 0.6) is 0 Å². The third-order valence-corrected chi connectivity index (χ3v) is 9.19. The molecule has 0 N–H and O–H groups in total. The van der Waals surface area contributed by atoms with E-state index in [-0.39, 0.29) is 23.4 Å². The van der Waals surface area contributed by atoms with E-state index in [2.05, 4.69) is 13.8 Å². The standard InChI is InChI=1S/C28H48O4/c1-4-5-6-7-8-9-10-11-12-13-14-15-16-22-24-18-17-21(2)23-19-20-27(3)31-26(30-25(22)29)28(23,24)32-27/h21-24,26H,4-20H2,1-3H3/t21-,22-,23+,24+,26-,27+,28-/m1/s1. The minimum Gasteiger partial charge on any atom is -0.432 e. The first-order valence-corrected chi connectivity index (χ1v) is 14.1. The Balaban J connectivity index is 1.20. The zero-order valence-electron chi connectivity index (χ0n) is 21.0. The molecule has 0 aromatic heterocycles. The third kappa shape index (κ3) is 4.92. The number of unbranched alkanes of at least 4 members (excludes halogenated alkanes) is 11. The van der Waals surface area contributed by atoms with Gasteiger partial charge in [0.1, 0.15) is 5.60 Å². The second-order valence-corrected chi connectivity index (χ2v) is 11.6. The fraction of sp³-hybridized carbons (Fsp3) is 0.964. The highest BCUT2D eigenvalue weighted by molar-refractivity contribution is 5.74. The summed E-state index contributed by atoms with van der Waals surface area (Å²) in [5, 5.41) is 0. The van der Waals surface area contributed by atoms with E-state index in [0.29, 0.717) is 11.8 Å². The summed E-state index contributed by atoms with van der Waals surface area (Å²) in [6, 6.07) is 0. The predicted molar refractivity (Wildman–Crippen MR) is 127 cm³/mol. The quantitative estimate of drug-likeness (QED) is 0.216. The Hall–Kier alpha value is -0.610. The van der Waals surface area contributed by atoms with E-state index >= 15 is 0 Å². The number of carbonyl (C=O) groups excluding carboxylic acids is 1. The second kappa shape index (κ2) is 10.8. The minimum absolute atomic E-state index is 0.00609. The van der Waals surface area contributed by atoms with Crippen molar-refractivity contribution in [1.82, 2.24) is 0 Å². The Morgan fingerprint density at radius 1 is 0.844 bits per heavy atom. The number of ether oxygens (including phenoxy) is 3. The van der Waals surface area contributed by atoms with Crippen LogP contribution in [0.25, 0.3) is 0 Å². The van der Waals surface area contributed by atoms with Gasteiger partial charge in [-0.1, -0.05) is 90.9 Å². The van der Waals surface area contributed by atoms with Crippen molar-refractivity contribution in [2.24, 2.45) is 23.7 Å². The van der Waals surface area contributed by atoms with Gasteiger partial charge in [0.25, 0.3) is 0 Å². The van der Waals surface area contributed by atoms with Crippen LogP contribution in [0, 0.1) is 23.7 Å². The lowest BCUT2D eigenvalue weighted by atomic mass is 9.56. The number of hydrogen-bond donors (Lipinski definition) is 0. The van der Waals surface area contributed by atoms with E-state index in [1.807, 2.05) is 6.92 Å². The van der Waals surface area contributed by atoms with Gasteiger partial charge in [0, 0.05) is 12.3 Å². The molecule has 2 bridgehead atoms. The first-order chi connectivity index (χ1) is 15.5. The van der Waals surface area contributed by atoms with Crippen LogP contribution in [0.4, 0.5) is 0 Å². The lowest BCUT2D eigenvalue weighted by molar-refractivity contribution is -0.265. The van der Waals surface area contributed by atoms with Crippen molar-refractivity contribution in [2.75, 3.05) is 0 Å². The van der Waals surface area contributed by atoms with Crippen LogP contribution in [0.3, 0.4) is 0 Å². The average Bonchev–Trinajstić information content (AvgIpc) is 2.98. The Labute approximate surface area is 196 Å². The zero-order valence-corrected chi connectivity index (χ0v) is 21.0. The molecule has 0 aromatic carbocycles. The number of fused-ring (bicyclic) bond motifs is 1. The Bertz CT molecular complexity index is 621. The molecule has 0 amide bonds. The van der Waals surface area contributed by atoms with Gasteiger partial charge in [0.05, 0.1) is 5.92 Å². The smallest absolute Gasteiger partial charge is 0.311 e. The van der Waals surface area contributed by atoms with Crippen molar-refractivity contribution in [3.05, 3.63) is 0 Å². The van der Waals surface area contributed by atoms with Gasteiger partial charge in [-0.25, -0.2) is 0 Å². The summed E-state index contributed by atoms with van der Waals surface area (Å²) in [4.78, 5) is 13.0. The lowest BCUT2D eigenvalue weighted by Gasteiger charge is -2.56. The van der Waals surface area contributed by atoms with E-state index in [1.165, 1.54) is 77.0 Å². The summed E-state index contributed by atoms with van der Waals surface area (Å²) in [6.45, 7) is 6.68. The molecule has 184 valence electrons. The Morgan fingerprint density at radius 3 is 2.12 bits per heavy atom. The van der Waals surface area contributed by atoms with E-state index in [4.69, 9.17) is 14.2 Å². The number of hydrogen-bond acceptors (Lipinski definition) is 4. The van der Waals surface area contributed by atoms with Crippen LogP contribution in [0.1, 0.15) is 130 Å². The molecule has 1 spiro atoms. The van der Waals surface area contributed by atoms with Crippen LogP contribution in [-0.4, -0.2) is 23.6 Å². The summed E-state index contributed by atoms with van der Waals surface area (Å²) in [6.07, 6.45) is 20.9. The van der Waals surface area contributed by atoms with Gasteiger partial charge in [-0.05, 0) is 44.4 Å². The fourth-order valence-corrected chi connectivity index (χ4v) is 7.41. The van der Waals surface area contributed by atoms with Gasteiger partial charge in [-0.15, -0.1) is 0 Å². The summed E-state index contributed by atoms with van der Waals surface area (Å²) >= 11 is 0. The summed E-state index contributed by atoms with van der Waals surface area (Å²) in [5.74, 6) is 0.741. The van der Waals surface area contributed by atoms with Crippen LogP contribution in [0.15, 0.2) is 0 Å². The van der Waals surface area contributed by atoms with E-state index in [9.17, 15) is 4.79 Å². The molecule has 3 heterocycles. The SMILES string of the molecule is CCCCCCCCCCCCCC[C@H]1C(=O)O[C@@H]2O[C@]3(C)CC[C@H]4[C@H](C)CC[C@@H]1[C@@]24O3. The van der Waals surface area contributed by atoms with Gasteiger partial charge in [0.15, 0.2) is 5.79 Å². The van der Waals surface area contributed by atoms with E-state index in [0.717, 1.165) is 32.1 Å². The highest BCUT2D eigenvalue weighted by Gasteiger charge is 2.72. The maximum Gasteiger partial charge on any atom is 0.311 e. The molecule has 3 saturated heterocycles. The monoisotopic (exact) mass is 448 g/mol. The largest absolute Gasteiger partial charge is 0.432 e. The van der Waals surface area contributed by atoms with Crippen molar-refractivity contribution in [3.63, 3.8) is 0 Å². The molecule has 32 heavy (non-hydrogen) atoms. The lowest BCUT2D eigenvalue weighted by Crippen LogP contribution is -2.65. The molecular weight excluding hydrogens is 400 g/mol. The van der Waals surface area contributed by atoms with E-state index in [1.54, 1.807) is 0 Å². The average molecular weight is 449 g/mol. The summed E-state index contributed by atoms with van der Waals surface area (Å²) < 4.78 is 18.9. The number of rotatable bonds is 13. The number of carbonyl (C=O) groups is 1. The van der Waals surface area contributed by atoms with Gasteiger partial charge < -0.3 is 14.2 Å². The molecule has 0 unspecified atom stereocenters.